The van der Waals surface area contributed by atoms with Crippen molar-refractivity contribution < 1.29 is 39.9 Å². The number of nitrogens with one attached hydrogen (secondary N) is 1. The van der Waals surface area contributed by atoms with Gasteiger partial charge in [0.2, 0.25) is 15.9 Å². The number of carbonyl (C=O) groups is 1. The molecular weight excluding hydrogens is 535 g/mol. The number of fused-ring (bicyclic) bond motifs is 5. The van der Waals surface area contributed by atoms with Crippen molar-refractivity contribution in [3.63, 3.8) is 0 Å². The molecule has 1 N–H and O–H groups in total. The van der Waals surface area contributed by atoms with E-state index in [0.29, 0.717) is 16.1 Å². The predicted octanol–water partition coefficient (Wildman–Crippen LogP) is 3.65. The molecule has 15 heteroatoms. The van der Waals surface area contributed by atoms with Crippen molar-refractivity contribution in [2.24, 2.45) is 0 Å². The normalized spacial score (nSPS) is 21.9. The lowest BCUT2D eigenvalue weighted by molar-refractivity contribution is -0.00563. The van der Waals surface area contributed by atoms with E-state index in [2.05, 4.69) is 4.98 Å². The Kier molecular flexibility index (Phi) is 7.05. The first kappa shape index (κ1) is 26.4. The Morgan fingerprint density at radius 2 is 2.00 bits per heavy atom. The Morgan fingerprint density at radius 1 is 1.28 bits per heavy atom. The zero-order valence-corrected chi connectivity index (χ0v) is 20.2. The Hall–Kier alpha value is -2.71. The van der Waals surface area contributed by atoms with Crippen molar-refractivity contribution in [1.82, 2.24) is 19.5 Å². The number of aromatic nitrogens is 1. The number of sulfonamides is 1. The van der Waals surface area contributed by atoms with Crippen LogP contribution in [0.2, 0.25) is 5.02 Å². The molecule has 196 valence electrons. The van der Waals surface area contributed by atoms with E-state index in [1.807, 2.05) is 4.72 Å². The number of amides is 2. The summed E-state index contributed by atoms with van der Waals surface area (Å²) in [7, 11) is -4.20. The lowest BCUT2D eigenvalue weighted by Crippen LogP contribution is -2.53. The highest BCUT2D eigenvalue weighted by molar-refractivity contribution is 7.88. The van der Waals surface area contributed by atoms with Gasteiger partial charge in [-0.1, -0.05) is 23.7 Å². The number of hydrogen-bond donors (Lipinski definition) is 1. The molecule has 1 saturated heterocycles. The summed E-state index contributed by atoms with van der Waals surface area (Å²) in [5.41, 5.74) is -0.159. The van der Waals surface area contributed by atoms with Crippen LogP contribution in [-0.2, 0) is 23.0 Å². The first-order chi connectivity index (χ1) is 16.7. The molecule has 0 unspecified atom stereocenters. The van der Waals surface area contributed by atoms with Crippen LogP contribution < -0.4 is 9.46 Å². The smallest absolute Gasteiger partial charge is 0.321 e. The van der Waals surface area contributed by atoms with Crippen molar-refractivity contribution in [3.8, 4) is 11.6 Å². The van der Waals surface area contributed by atoms with Crippen LogP contribution in [0.25, 0.3) is 0 Å². The van der Waals surface area contributed by atoms with E-state index in [0.717, 1.165) is 0 Å². The second kappa shape index (κ2) is 9.63. The van der Waals surface area contributed by atoms with E-state index in [9.17, 15) is 22.0 Å². The number of alkyl halides is 4. The van der Waals surface area contributed by atoms with Crippen molar-refractivity contribution >= 4 is 27.7 Å². The number of ether oxygens (including phenoxy) is 1. The molecule has 0 spiro atoms. The highest BCUT2D eigenvalue weighted by Crippen LogP contribution is 2.38. The molecule has 2 aliphatic rings. The molecule has 1 fully saturated rings. The lowest BCUT2D eigenvalue weighted by Gasteiger charge is -2.32. The van der Waals surface area contributed by atoms with E-state index in [4.69, 9.17) is 16.3 Å². The highest BCUT2D eigenvalue weighted by atomic mass is 35.5. The van der Waals surface area contributed by atoms with Gasteiger partial charge in [-0.05, 0) is 30.2 Å². The van der Waals surface area contributed by atoms with Crippen LogP contribution in [0.15, 0.2) is 30.3 Å². The topological polar surface area (TPSA) is 91.8 Å². The summed E-state index contributed by atoms with van der Waals surface area (Å²) < 4.78 is 103. The quantitative estimate of drug-likeness (QED) is 0.583. The third-order valence-electron chi connectivity index (χ3n) is 5.74. The number of benzene rings is 1. The molecule has 4 rings (SSSR count). The minimum atomic E-state index is -4.20. The van der Waals surface area contributed by atoms with E-state index >= 15 is 13.2 Å². The number of pyridine rings is 1. The van der Waals surface area contributed by atoms with Gasteiger partial charge in [0, 0.05) is 0 Å². The summed E-state index contributed by atoms with van der Waals surface area (Å²) in [6.07, 6.45) is -2.93. The molecule has 4 bridgehead atoms. The number of carbonyl (C=O) groups excluding carboxylic acids is 1. The second-order valence-corrected chi connectivity index (χ2v) is 10.7. The third kappa shape index (κ3) is 5.49. The second-order valence-electron chi connectivity index (χ2n) is 8.50. The molecule has 0 saturated carbocycles. The largest absolute Gasteiger partial charge is 0.434 e. The van der Waals surface area contributed by atoms with Gasteiger partial charge in [0.15, 0.2) is 11.6 Å². The lowest BCUT2D eigenvalue weighted by atomic mass is 9.98. The van der Waals surface area contributed by atoms with Crippen LogP contribution in [0.5, 0.6) is 11.6 Å². The summed E-state index contributed by atoms with van der Waals surface area (Å²) in [5, 5.41) is -0.0251. The zero-order chi connectivity index (χ0) is 26.4. The van der Waals surface area contributed by atoms with Crippen LogP contribution in [0.3, 0.4) is 0 Å². The standard InChI is InChI=1S/C21H20ClF5N4O4S/c1-36(33,34)29-18-14-7-11-3-2-4-15(17(11)25)35-19-13(22)6-5-12(28-19)8-30(9-16(23)24)20(32)31(14)10-21(18,26)27/h2-6,14,16,18,29H,7-10H2,1H3/t14-,18+/m0/s1. The summed E-state index contributed by atoms with van der Waals surface area (Å²) in [6, 6.07) is 1.51. The molecule has 0 radical (unpaired) electrons. The van der Waals surface area contributed by atoms with Gasteiger partial charge >= 0.3 is 6.03 Å². The molecule has 3 heterocycles. The van der Waals surface area contributed by atoms with Crippen molar-refractivity contribution in [3.05, 3.63) is 52.4 Å². The summed E-state index contributed by atoms with van der Waals surface area (Å²) in [5.74, 6) is -5.35. The number of halogens is 6. The minimum absolute atomic E-state index is 0.0209. The molecule has 2 aromatic rings. The van der Waals surface area contributed by atoms with Crippen LogP contribution in [0, 0.1) is 5.82 Å². The molecule has 1 aromatic carbocycles. The molecular formula is C21H20ClF5N4O4S. The van der Waals surface area contributed by atoms with Gasteiger partial charge in [0.1, 0.15) is 11.1 Å². The van der Waals surface area contributed by atoms with Gasteiger partial charge in [-0.25, -0.2) is 44.9 Å². The monoisotopic (exact) mass is 554 g/mol. The van der Waals surface area contributed by atoms with E-state index < -0.39 is 72.4 Å². The minimum Gasteiger partial charge on any atom is -0.434 e. The van der Waals surface area contributed by atoms with Crippen LogP contribution in [0.4, 0.5) is 26.7 Å². The predicted molar refractivity (Wildman–Crippen MR) is 118 cm³/mol. The number of hydrogen-bond acceptors (Lipinski definition) is 5. The average molecular weight is 555 g/mol. The van der Waals surface area contributed by atoms with Gasteiger partial charge in [-0.2, -0.15) is 0 Å². The molecule has 2 atom stereocenters. The fourth-order valence-electron chi connectivity index (χ4n) is 4.23. The van der Waals surface area contributed by atoms with Gasteiger partial charge in [-0.3, -0.25) is 0 Å². The highest BCUT2D eigenvalue weighted by Gasteiger charge is 2.57. The summed E-state index contributed by atoms with van der Waals surface area (Å²) >= 11 is 6.09. The van der Waals surface area contributed by atoms with E-state index in [1.165, 1.54) is 30.3 Å². The van der Waals surface area contributed by atoms with Gasteiger partial charge in [0.05, 0.1) is 37.6 Å². The van der Waals surface area contributed by atoms with Gasteiger partial charge < -0.3 is 14.5 Å². The number of urea groups is 1. The van der Waals surface area contributed by atoms with Crippen molar-refractivity contribution in [1.29, 1.82) is 0 Å². The maximum Gasteiger partial charge on any atom is 0.321 e. The Morgan fingerprint density at radius 3 is 2.67 bits per heavy atom. The number of rotatable bonds is 4. The van der Waals surface area contributed by atoms with Crippen molar-refractivity contribution in [2.45, 2.75) is 37.4 Å². The molecule has 8 nitrogen and oxygen atoms in total. The molecule has 1 aromatic heterocycles. The van der Waals surface area contributed by atoms with Crippen LogP contribution in [0.1, 0.15) is 11.3 Å². The van der Waals surface area contributed by atoms with E-state index in [-0.39, 0.29) is 27.9 Å². The Bertz CT molecular complexity index is 1280. The Balaban J connectivity index is 1.88. The van der Waals surface area contributed by atoms with Crippen LogP contribution in [-0.4, -0.2) is 73.0 Å². The fraction of sp³-hybridized carbons (Fsp3) is 0.429. The maximum atomic E-state index is 15.4. The fourth-order valence-corrected chi connectivity index (χ4v) is 5.17. The SMILES string of the molecule is CS(=O)(=O)N[C@@H]1[C@@H]2Cc3cccc(c3F)Oc3nc(ccc3Cl)CN(CC(F)F)C(=O)N2CC1(F)F. The summed E-state index contributed by atoms with van der Waals surface area (Å²) in [4.78, 5) is 18.6. The first-order valence-electron chi connectivity index (χ1n) is 10.5. The molecule has 0 aliphatic carbocycles. The van der Waals surface area contributed by atoms with Gasteiger partial charge in [-0.15, -0.1) is 0 Å². The Labute approximate surface area is 208 Å². The molecule has 36 heavy (non-hydrogen) atoms. The molecule has 2 amide bonds. The van der Waals surface area contributed by atoms with Gasteiger partial charge in [0.25, 0.3) is 12.3 Å². The van der Waals surface area contributed by atoms with Crippen molar-refractivity contribution in [2.75, 3.05) is 19.3 Å². The average Bonchev–Trinajstić information content (AvgIpc) is 3.00. The molecule has 2 aliphatic heterocycles. The third-order valence-corrected chi connectivity index (χ3v) is 6.71. The first-order valence-corrected chi connectivity index (χ1v) is 12.8. The summed E-state index contributed by atoms with van der Waals surface area (Å²) in [6.45, 7) is -2.93. The van der Waals surface area contributed by atoms with Crippen LogP contribution >= 0.6 is 11.6 Å². The maximum absolute atomic E-state index is 15.4. The number of nitrogens with zero attached hydrogens (tertiary/aromatic N) is 3. The zero-order valence-electron chi connectivity index (χ0n) is 18.6. The van der Waals surface area contributed by atoms with E-state index in [1.54, 1.807) is 0 Å².